The Morgan fingerprint density at radius 3 is 2.72 bits per heavy atom. The zero-order valence-electron chi connectivity index (χ0n) is 16.3. The van der Waals surface area contributed by atoms with Crippen LogP contribution in [0.3, 0.4) is 0 Å². The van der Waals surface area contributed by atoms with Gasteiger partial charge in [0.2, 0.25) is 5.82 Å². The molecule has 1 aliphatic rings. The summed E-state index contributed by atoms with van der Waals surface area (Å²) in [6.07, 6.45) is 3.73. The first-order chi connectivity index (χ1) is 14.1. The maximum Gasteiger partial charge on any atom is 0.287 e. The number of fused-ring (bicyclic) bond motifs is 1. The molecule has 2 N–H and O–H groups in total. The Labute approximate surface area is 169 Å². The van der Waals surface area contributed by atoms with E-state index in [0.29, 0.717) is 12.1 Å². The van der Waals surface area contributed by atoms with Crippen molar-refractivity contribution in [3.05, 3.63) is 71.8 Å². The van der Waals surface area contributed by atoms with Crippen LogP contribution in [0.15, 0.2) is 54.7 Å². The summed E-state index contributed by atoms with van der Waals surface area (Å²) in [7, 11) is 0. The fourth-order valence-electron chi connectivity index (χ4n) is 3.55. The summed E-state index contributed by atoms with van der Waals surface area (Å²) >= 11 is 0. The van der Waals surface area contributed by atoms with E-state index >= 15 is 0 Å². The zero-order valence-corrected chi connectivity index (χ0v) is 16.3. The average Bonchev–Trinajstić information content (AvgIpc) is 3.40. The number of benzene rings is 1. The predicted octanol–water partition coefficient (Wildman–Crippen LogP) is 2.73. The van der Waals surface area contributed by atoms with Crippen molar-refractivity contribution in [1.82, 2.24) is 20.0 Å². The minimum Gasteiger partial charge on any atom is -0.376 e. The Hall–Kier alpha value is -3.19. The molecule has 2 unspecified atom stereocenters. The summed E-state index contributed by atoms with van der Waals surface area (Å²) in [6.45, 7) is 3.09. The van der Waals surface area contributed by atoms with Crippen LogP contribution in [0.5, 0.6) is 0 Å². The van der Waals surface area contributed by atoms with Gasteiger partial charge in [-0.25, -0.2) is 4.98 Å². The largest absolute Gasteiger partial charge is 0.376 e. The lowest BCUT2D eigenvalue weighted by Gasteiger charge is -2.13. The highest BCUT2D eigenvalue weighted by Gasteiger charge is 2.24. The number of ether oxygens (including phenoxy) is 1. The highest BCUT2D eigenvalue weighted by Crippen LogP contribution is 2.17. The molecular formula is C22H24N4O3. The summed E-state index contributed by atoms with van der Waals surface area (Å²) in [5.41, 5.74) is 1.82. The van der Waals surface area contributed by atoms with Crippen molar-refractivity contribution < 1.29 is 14.3 Å². The third-order valence-corrected chi connectivity index (χ3v) is 5.13. The second kappa shape index (κ2) is 8.45. The molecule has 0 aliphatic carbocycles. The summed E-state index contributed by atoms with van der Waals surface area (Å²) in [5.74, 6) is -0.448. The van der Waals surface area contributed by atoms with Crippen LogP contribution in [0.2, 0.25) is 0 Å². The zero-order chi connectivity index (χ0) is 20.2. The number of carbonyl (C=O) groups is 2. The van der Waals surface area contributed by atoms with Gasteiger partial charge < -0.3 is 15.4 Å². The predicted molar refractivity (Wildman–Crippen MR) is 109 cm³/mol. The van der Waals surface area contributed by atoms with Gasteiger partial charge in [0, 0.05) is 19.3 Å². The van der Waals surface area contributed by atoms with Crippen molar-refractivity contribution in [3.63, 3.8) is 0 Å². The number of carbonyl (C=O) groups excluding carboxylic acids is 2. The number of imidazole rings is 1. The van der Waals surface area contributed by atoms with E-state index in [2.05, 4.69) is 15.6 Å². The highest BCUT2D eigenvalue weighted by atomic mass is 16.5. The molecule has 0 spiro atoms. The van der Waals surface area contributed by atoms with Crippen molar-refractivity contribution in [2.24, 2.45) is 0 Å². The second-order valence-corrected chi connectivity index (χ2v) is 7.19. The van der Waals surface area contributed by atoms with Crippen molar-refractivity contribution in [2.75, 3.05) is 13.2 Å². The molecule has 1 aromatic carbocycles. The van der Waals surface area contributed by atoms with Gasteiger partial charge in [0.25, 0.3) is 11.8 Å². The van der Waals surface area contributed by atoms with Crippen LogP contribution in [0.1, 0.15) is 52.5 Å². The van der Waals surface area contributed by atoms with E-state index in [0.717, 1.165) is 25.0 Å². The summed E-state index contributed by atoms with van der Waals surface area (Å²) in [4.78, 5) is 30.0. The van der Waals surface area contributed by atoms with Crippen molar-refractivity contribution in [2.45, 2.75) is 31.9 Å². The van der Waals surface area contributed by atoms with E-state index in [4.69, 9.17) is 4.74 Å². The number of hydrogen-bond donors (Lipinski definition) is 2. The van der Waals surface area contributed by atoms with Gasteiger partial charge in [-0.15, -0.1) is 0 Å². The number of rotatable bonds is 6. The minimum atomic E-state index is -0.322. The third kappa shape index (κ3) is 4.14. The molecule has 3 aromatic rings. The van der Waals surface area contributed by atoms with Crippen LogP contribution in [-0.2, 0) is 4.74 Å². The molecule has 3 heterocycles. The lowest BCUT2D eigenvalue weighted by molar-refractivity contribution is 0.0848. The summed E-state index contributed by atoms with van der Waals surface area (Å²) in [6, 6.07) is 14.9. The first kappa shape index (κ1) is 19.1. The van der Waals surface area contributed by atoms with E-state index in [1.165, 1.54) is 0 Å². The Morgan fingerprint density at radius 1 is 1.17 bits per heavy atom. The van der Waals surface area contributed by atoms with E-state index in [1.54, 1.807) is 22.7 Å². The lowest BCUT2D eigenvalue weighted by atomic mass is 10.1. The van der Waals surface area contributed by atoms with Crippen LogP contribution in [0.4, 0.5) is 0 Å². The first-order valence-corrected chi connectivity index (χ1v) is 9.86. The van der Waals surface area contributed by atoms with Crippen LogP contribution >= 0.6 is 0 Å². The van der Waals surface area contributed by atoms with E-state index < -0.39 is 0 Å². The molecule has 0 bridgehead atoms. The van der Waals surface area contributed by atoms with E-state index in [-0.39, 0.29) is 35.5 Å². The minimum absolute atomic E-state index is 0.0414. The lowest BCUT2D eigenvalue weighted by Crippen LogP contribution is -2.33. The number of nitrogens with zero attached hydrogens (tertiary/aromatic N) is 2. The van der Waals surface area contributed by atoms with E-state index in [1.807, 2.05) is 43.3 Å². The number of hydrogen-bond acceptors (Lipinski definition) is 4. The molecule has 1 aliphatic heterocycles. The number of amides is 2. The van der Waals surface area contributed by atoms with Crippen LogP contribution in [-0.4, -0.2) is 40.5 Å². The average molecular weight is 392 g/mol. The van der Waals surface area contributed by atoms with Gasteiger partial charge in [-0.3, -0.25) is 14.0 Å². The molecule has 2 amide bonds. The monoisotopic (exact) mass is 392 g/mol. The number of aromatic nitrogens is 2. The third-order valence-electron chi connectivity index (χ3n) is 5.13. The first-order valence-electron chi connectivity index (χ1n) is 9.86. The van der Waals surface area contributed by atoms with Gasteiger partial charge in [0.05, 0.1) is 17.7 Å². The Kier molecular flexibility index (Phi) is 5.57. The summed E-state index contributed by atoms with van der Waals surface area (Å²) < 4.78 is 7.20. The molecule has 4 rings (SSSR count). The molecule has 29 heavy (non-hydrogen) atoms. The Bertz CT molecular complexity index is 1010. The van der Waals surface area contributed by atoms with Crippen molar-refractivity contribution >= 4 is 17.3 Å². The molecule has 150 valence electrons. The molecule has 7 nitrogen and oxygen atoms in total. The molecular weight excluding hydrogens is 368 g/mol. The van der Waals surface area contributed by atoms with Crippen LogP contribution in [0, 0.1) is 0 Å². The maximum atomic E-state index is 12.9. The van der Waals surface area contributed by atoms with Crippen molar-refractivity contribution in [3.8, 4) is 0 Å². The van der Waals surface area contributed by atoms with Gasteiger partial charge in [-0.05, 0) is 37.5 Å². The van der Waals surface area contributed by atoms with Gasteiger partial charge in [-0.2, -0.15) is 0 Å². The smallest absolute Gasteiger partial charge is 0.287 e. The van der Waals surface area contributed by atoms with Gasteiger partial charge in [0.1, 0.15) is 0 Å². The SMILES string of the molecule is CC(NC(=O)c1nc(C(=O)NCC2CCCO2)n2ccccc12)c1ccccc1. The molecule has 1 fully saturated rings. The molecule has 1 saturated heterocycles. The molecule has 2 aromatic heterocycles. The van der Waals surface area contributed by atoms with Gasteiger partial charge in [-0.1, -0.05) is 36.4 Å². The van der Waals surface area contributed by atoms with Gasteiger partial charge >= 0.3 is 0 Å². The van der Waals surface area contributed by atoms with Crippen LogP contribution < -0.4 is 10.6 Å². The standard InChI is InChI=1S/C22H24N4O3/c1-15(16-8-3-2-4-9-16)24-21(27)19-18-11-5-6-12-26(18)20(25-19)22(28)23-14-17-10-7-13-29-17/h2-6,8-9,11-12,15,17H,7,10,13-14H2,1H3,(H,23,28)(H,24,27). The second-order valence-electron chi connectivity index (χ2n) is 7.19. The Morgan fingerprint density at radius 2 is 1.97 bits per heavy atom. The van der Waals surface area contributed by atoms with Crippen molar-refractivity contribution in [1.29, 1.82) is 0 Å². The normalized spacial score (nSPS) is 17.2. The number of pyridine rings is 1. The summed E-state index contributed by atoms with van der Waals surface area (Å²) in [5, 5.41) is 5.84. The van der Waals surface area contributed by atoms with E-state index in [9.17, 15) is 9.59 Å². The fraction of sp³-hybridized carbons (Fsp3) is 0.318. The molecule has 2 atom stereocenters. The van der Waals surface area contributed by atoms with Gasteiger partial charge in [0.15, 0.2) is 5.69 Å². The fourth-order valence-corrected chi connectivity index (χ4v) is 3.55. The molecule has 0 saturated carbocycles. The number of nitrogens with one attached hydrogen (secondary N) is 2. The maximum absolute atomic E-state index is 12.9. The Balaban J connectivity index is 1.55. The quantitative estimate of drug-likeness (QED) is 0.676. The molecule has 7 heteroatoms. The topological polar surface area (TPSA) is 84.7 Å². The highest BCUT2D eigenvalue weighted by molar-refractivity contribution is 6.02. The van der Waals surface area contributed by atoms with Crippen LogP contribution in [0.25, 0.3) is 5.52 Å². The molecule has 0 radical (unpaired) electrons.